The van der Waals surface area contributed by atoms with Crippen LogP contribution in [-0.2, 0) is 26.0 Å². The summed E-state index contributed by atoms with van der Waals surface area (Å²) in [6.45, 7) is 1.71. The fourth-order valence-corrected chi connectivity index (χ4v) is 3.38. The number of rotatable bonds is 7. The van der Waals surface area contributed by atoms with Gasteiger partial charge in [0.2, 0.25) is 0 Å². The van der Waals surface area contributed by atoms with Crippen molar-refractivity contribution in [2.75, 3.05) is 11.8 Å². The molecule has 26 heavy (non-hydrogen) atoms. The molecule has 0 unspecified atom stereocenters. The van der Waals surface area contributed by atoms with Gasteiger partial charge in [0.15, 0.2) is 0 Å². The average Bonchev–Trinajstić information content (AvgIpc) is 2.61. The second-order valence-electron chi connectivity index (χ2n) is 5.64. The number of methoxy groups -OCH3 is 1. The molecule has 0 aromatic heterocycles. The molecule has 0 radical (unpaired) electrons. The third-order valence-corrected chi connectivity index (χ3v) is 5.14. The molecule has 0 fully saturated rings. The molecule has 1 N–H and O–H groups in total. The lowest BCUT2D eigenvalue weighted by atomic mass is 10.1. The normalized spacial score (nSPS) is 11.0. The van der Waals surface area contributed by atoms with Gasteiger partial charge in [-0.1, -0.05) is 18.2 Å². The number of hydrogen-bond donors (Lipinski definition) is 1. The smallest absolute Gasteiger partial charge is 0.337 e. The van der Waals surface area contributed by atoms with Crippen LogP contribution in [0.15, 0.2) is 47.4 Å². The first-order valence-corrected chi connectivity index (χ1v) is 9.22. The zero-order valence-electron chi connectivity index (χ0n) is 14.3. The largest absolute Gasteiger partial charge is 0.550 e. The maximum Gasteiger partial charge on any atom is 0.337 e. The Balaban J connectivity index is 2.23. The van der Waals surface area contributed by atoms with Crippen molar-refractivity contribution < 1.29 is 27.9 Å². The van der Waals surface area contributed by atoms with Crippen molar-refractivity contribution in [1.82, 2.24) is 0 Å². The minimum Gasteiger partial charge on any atom is -0.550 e. The average molecular weight is 376 g/mol. The Morgan fingerprint density at radius 2 is 1.77 bits per heavy atom. The number of carbonyl (C=O) groups excluding carboxylic acids is 2. The molecule has 138 valence electrons. The van der Waals surface area contributed by atoms with Gasteiger partial charge in [-0.2, -0.15) is 0 Å². The van der Waals surface area contributed by atoms with E-state index in [1.54, 1.807) is 31.2 Å². The van der Waals surface area contributed by atoms with Crippen LogP contribution < -0.4 is 9.83 Å². The van der Waals surface area contributed by atoms with Crippen molar-refractivity contribution in [3.63, 3.8) is 0 Å². The number of benzene rings is 2. The van der Waals surface area contributed by atoms with E-state index in [1.807, 2.05) is 0 Å². The van der Waals surface area contributed by atoms with Crippen LogP contribution in [0.4, 0.5) is 5.69 Å². The molecule has 8 heteroatoms. The standard InChI is InChI=1S/C18H19NO6S/c1-12-3-7-14(18(22)25-2)11-16(12)19-26(23,24)15-8-4-13(5-9-15)6-10-17(20)21/h3-5,7-9,11,19H,6,10H2,1-2H3,(H,20,21)/p-1. The molecule has 0 saturated heterocycles. The van der Waals surface area contributed by atoms with E-state index >= 15 is 0 Å². The van der Waals surface area contributed by atoms with E-state index in [1.165, 1.54) is 25.3 Å². The van der Waals surface area contributed by atoms with E-state index < -0.39 is 22.0 Å². The zero-order valence-corrected chi connectivity index (χ0v) is 15.1. The van der Waals surface area contributed by atoms with Crippen LogP contribution in [0.2, 0.25) is 0 Å². The third kappa shape index (κ3) is 4.82. The summed E-state index contributed by atoms with van der Waals surface area (Å²) in [6, 6.07) is 10.5. The minimum absolute atomic E-state index is 0.0255. The van der Waals surface area contributed by atoms with Crippen LogP contribution >= 0.6 is 0 Å². The van der Waals surface area contributed by atoms with E-state index in [0.717, 1.165) is 0 Å². The maximum atomic E-state index is 12.6. The van der Waals surface area contributed by atoms with Gasteiger partial charge in [-0.05, 0) is 55.2 Å². The van der Waals surface area contributed by atoms with Crippen LogP contribution in [0.5, 0.6) is 0 Å². The Bertz CT molecular complexity index is 919. The van der Waals surface area contributed by atoms with Gasteiger partial charge in [-0.3, -0.25) is 4.72 Å². The van der Waals surface area contributed by atoms with Crippen LogP contribution in [-0.4, -0.2) is 27.5 Å². The molecule has 0 spiro atoms. The van der Waals surface area contributed by atoms with Crippen molar-refractivity contribution in [3.05, 3.63) is 59.2 Å². The van der Waals surface area contributed by atoms with E-state index in [0.29, 0.717) is 11.1 Å². The van der Waals surface area contributed by atoms with E-state index in [4.69, 9.17) is 0 Å². The molecule has 0 aliphatic heterocycles. The van der Waals surface area contributed by atoms with Gasteiger partial charge in [0.05, 0.1) is 23.3 Å². The van der Waals surface area contributed by atoms with Gasteiger partial charge in [-0.25, -0.2) is 13.2 Å². The third-order valence-electron chi connectivity index (χ3n) is 3.75. The molecule has 0 aliphatic rings. The molecule has 2 aromatic rings. The molecule has 0 amide bonds. The second kappa shape index (κ2) is 8.01. The lowest BCUT2D eigenvalue weighted by Crippen LogP contribution is -2.22. The predicted molar refractivity (Wildman–Crippen MR) is 93.1 cm³/mol. The van der Waals surface area contributed by atoms with Crippen LogP contribution in [0.1, 0.15) is 27.9 Å². The van der Waals surface area contributed by atoms with Crippen LogP contribution in [0, 0.1) is 6.92 Å². The maximum absolute atomic E-state index is 12.6. The Hall–Kier alpha value is -2.87. The first-order valence-electron chi connectivity index (χ1n) is 7.73. The SMILES string of the molecule is COC(=O)c1ccc(C)c(NS(=O)(=O)c2ccc(CCC(=O)[O-])cc2)c1. The quantitative estimate of drug-likeness (QED) is 0.728. The molecule has 2 aromatic carbocycles. The van der Waals surface area contributed by atoms with Crippen molar-refractivity contribution in [2.45, 2.75) is 24.7 Å². The molecule has 2 rings (SSSR count). The molecule has 0 aliphatic carbocycles. The van der Waals surface area contributed by atoms with Crippen molar-refractivity contribution in [1.29, 1.82) is 0 Å². The van der Waals surface area contributed by atoms with Gasteiger partial charge in [0.1, 0.15) is 0 Å². The van der Waals surface area contributed by atoms with Crippen molar-refractivity contribution >= 4 is 27.6 Å². The highest BCUT2D eigenvalue weighted by Gasteiger charge is 2.17. The summed E-state index contributed by atoms with van der Waals surface area (Å²) < 4.78 is 32.2. The first-order chi connectivity index (χ1) is 12.2. The Kier molecular flexibility index (Phi) is 5.99. The number of aliphatic carboxylic acids is 1. The number of esters is 1. The predicted octanol–water partition coefficient (Wildman–Crippen LogP) is 1.26. The number of carboxylic acids is 1. The summed E-state index contributed by atoms with van der Waals surface area (Å²) in [5.41, 5.74) is 1.84. The highest BCUT2D eigenvalue weighted by Crippen LogP contribution is 2.22. The number of anilines is 1. The molecule has 0 saturated carbocycles. The Morgan fingerprint density at radius 3 is 2.35 bits per heavy atom. The molecular formula is C18H18NO6S-. The van der Waals surface area contributed by atoms with Crippen LogP contribution in [0.25, 0.3) is 0 Å². The van der Waals surface area contributed by atoms with E-state index in [9.17, 15) is 23.1 Å². The highest BCUT2D eigenvalue weighted by molar-refractivity contribution is 7.92. The summed E-state index contributed by atoms with van der Waals surface area (Å²) in [5.74, 6) is -1.73. The van der Waals surface area contributed by atoms with Gasteiger partial charge in [0, 0.05) is 5.97 Å². The number of carbonyl (C=O) groups is 2. The Labute approximate surface area is 151 Å². The number of nitrogens with one attached hydrogen (secondary N) is 1. The lowest BCUT2D eigenvalue weighted by molar-refractivity contribution is -0.305. The van der Waals surface area contributed by atoms with Gasteiger partial charge >= 0.3 is 5.97 Å². The minimum atomic E-state index is -3.86. The fraction of sp³-hybridized carbons (Fsp3) is 0.222. The van der Waals surface area contributed by atoms with Crippen molar-refractivity contribution in [2.24, 2.45) is 0 Å². The zero-order chi connectivity index (χ0) is 19.3. The lowest BCUT2D eigenvalue weighted by Gasteiger charge is -2.12. The summed E-state index contributed by atoms with van der Waals surface area (Å²) in [4.78, 5) is 22.1. The van der Waals surface area contributed by atoms with Gasteiger partial charge in [0.25, 0.3) is 10.0 Å². The number of aryl methyl sites for hydroxylation is 2. The summed E-state index contributed by atoms with van der Waals surface area (Å²) in [7, 11) is -2.62. The summed E-state index contributed by atoms with van der Waals surface area (Å²) in [5, 5.41) is 10.5. The summed E-state index contributed by atoms with van der Waals surface area (Å²) in [6.07, 6.45) is 0.125. The van der Waals surface area contributed by atoms with Crippen molar-refractivity contribution in [3.8, 4) is 0 Å². The molecule has 0 bridgehead atoms. The Morgan fingerprint density at radius 1 is 1.12 bits per heavy atom. The van der Waals surface area contributed by atoms with Crippen LogP contribution in [0.3, 0.4) is 0 Å². The second-order valence-corrected chi connectivity index (χ2v) is 7.33. The number of hydrogen-bond acceptors (Lipinski definition) is 6. The van der Waals surface area contributed by atoms with E-state index in [2.05, 4.69) is 9.46 Å². The molecule has 0 atom stereocenters. The molecule has 0 heterocycles. The van der Waals surface area contributed by atoms with E-state index in [-0.39, 0.29) is 29.0 Å². The monoisotopic (exact) mass is 376 g/mol. The highest BCUT2D eigenvalue weighted by atomic mass is 32.2. The van der Waals surface area contributed by atoms with Gasteiger partial charge in [-0.15, -0.1) is 0 Å². The molecule has 7 nitrogen and oxygen atoms in total. The molecular weight excluding hydrogens is 358 g/mol. The van der Waals surface area contributed by atoms with Gasteiger partial charge < -0.3 is 14.6 Å². The topological polar surface area (TPSA) is 113 Å². The fourth-order valence-electron chi connectivity index (χ4n) is 2.26. The number of carboxylic acid groups (broad SMARTS) is 1. The summed E-state index contributed by atoms with van der Waals surface area (Å²) >= 11 is 0. The first kappa shape index (κ1) is 19.5. The number of ether oxygens (including phenoxy) is 1. The number of sulfonamides is 1.